The number of carboxylic acids is 1. The van der Waals surface area contributed by atoms with Crippen LogP contribution in [0.1, 0.15) is 24.0 Å². The molecule has 110 valence electrons. The summed E-state index contributed by atoms with van der Waals surface area (Å²) < 4.78 is 0. The highest BCUT2D eigenvalue weighted by atomic mass is 16.4. The van der Waals surface area contributed by atoms with Crippen LogP contribution in [-0.2, 0) is 16.1 Å². The minimum absolute atomic E-state index is 0.0589. The zero-order valence-corrected chi connectivity index (χ0v) is 12.5. The zero-order chi connectivity index (χ0) is 15.3. The smallest absolute Gasteiger partial charge is 0.310 e. The fraction of sp³-hybridized carbons (Fsp3) is 0.467. The van der Waals surface area contributed by atoms with E-state index in [4.69, 9.17) is 5.11 Å². The van der Waals surface area contributed by atoms with Gasteiger partial charge < -0.3 is 10.0 Å². The van der Waals surface area contributed by atoms with Crippen molar-refractivity contribution >= 4 is 11.9 Å². The highest BCUT2D eigenvalue weighted by Crippen LogP contribution is 2.16. The van der Waals surface area contributed by atoms with E-state index in [1.807, 2.05) is 36.2 Å². The van der Waals surface area contributed by atoms with Crippen LogP contribution < -0.4 is 0 Å². The largest absolute Gasteiger partial charge is 0.481 e. The molecule has 0 aliphatic heterocycles. The predicted molar refractivity (Wildman–Crippen MR) is 77.5 cm³/mol. The lowest BCUT2D eigenvalue weighted by Crippen LogP contribution is -2.34. The number of benzene rings is 1. The van der Waals surface area contributed by atoms with Crippen molar-refractivity contribution in [3.63, 3.8) is 0 Å². The Morgan fingerprint density at radius 2 is 1.70 bits per heavy atom. The molecule has 0 saturated heterocycles. The lowest BCUT2D eigenvalue weighted by atomic mass is 10.00. The van der Waals surface area contributed by atoms with E-state index in [0.717, 1.165) is 11.1 Å². The topological polar surface area (TPSA) is 60.9 Å². The average molecular weight is 278 g/mol. The van der Waals surface area contributed by atoms with Crippen molar-refractivity contribution in [2.75, 3.05) is 27.7 Å². The third-order valence-corrected chi connectivity index (χ3v) is 3.21. The van der Waals surface area contributed by atoms with Gasteiger partial charge in [0.25, 0.3) is 0 Å². The van der Waals surface area contributed by atoms with E-state index in [9.17, 15) is 9.59 Å². The Bertz CT molecular complexity index is 469. The summed E-state index contributed by atoms with van der Waals surface area (Å²) in [4.78, 5) is 26.0. The van der Waals surface area contributed by atoms with Gasteiger partial charge in [-0.15, -0.1) is 0 Å². The Hall–Kier alpha value is -1.88. The van der Waals surface area contributed by atoms with E-state index in [1.165, 1.54) is 0 Å². The van der Waals surface area contributed by atoms with Gasteiger partial charge in [0, 0.05) is 20.6 Å². The second-order valence-corrected chi connectivity index (χ2v) is 5.26. The van der Waals surface area contributed by atoms with Gasteiger partial charge in [-0.1, -0.05) is 24.3 Å². The molecular formula is C15H22N2O3. The van der Waals surface area contributed by atoms with Crippen LogP contribution in [0.4, 0.5) is 0 Å². The van der Waals surface area contributed by atoms with Crippen molar-refractivity contribution in [2.24, 2.45) is 0 Å². The molecule has 1 N–H and O–H groups in total. The summed E-state index contributed by atoms with van der Waals surface area (Å²) >= 11 is 0. The normalized spacial score (nSPS) is 12.2. The molecule has 1 aromatic rings. The number of carbonyl (C=O) groups excluding carboxylic acids is 1. The molecule has 5 heteroatoms. The molecule has 0 aliphatic carbocycles. The molecule has 5 nitrogen and oxygen atoms in total. The van der Waals surface area contributed by atoms with Crippen LogP contribution >= 0.6 is 0 Å². The van der Waals surface area contributed by atoms with Crippen LogP contribution in [0, 0.1) is 0 Å². The molecule has 20 heavy (non-hydrogen) atoms. The Kier molecular flexibility index (Phi) is 5.70. The van der Waals surface area contributed by atoms with Gasteiger partial charge in [0.05, 0.1) is 12.5 Å². The molecular weight excluding hydrogens is 256 g/mol. The van der Waals surface area contributed by atoms with Crippen LogP contribution in [-0.4, -0.2) is 54.5 Å². The number of hydrogen-bond donors (Lipinski definition) is 1. The maximum Gasteiger partial charge on any atom is 0.310 e. The highest BCUT2D eigenvalue weighted by molar-refractivity contribution is 5.77. The molecule has 0 aromatic heterocycles. The van der Waals surface area contributed by atoms with Gasteiger partial charge in [0.15, 0.2) is 0 Å². The summed E-state index contributed by atoms with van der Waals surface area (Å²) in [6.45, 7) is 2.68. The van der Waals surface area contributed by atoms with Crippen LogP contribution in [0.2, 0.25) is 0 Å². The van der Waals surface area contributed by atoms with E-state index >= 15 is 0 Å². The SMILES string of the molecule is CC(C(=O)O)c1ccc(CN(C)CC(=O)N(C)C)cc1. The fourth-order valence-electron chi connectivity index (χ4n) is 1.79. The van der Waals surface area contributed by atoms with Crippen molar-refractivity contribution in [3.8, 4) is 0 Å². The minimum Gasteiger partial charge on any atom is -0.481 e. The van der Waals surface area contributed by atoms with E-state index in [1.54, 1.807) is 25.9 Å². The van der Waals surface area contributed by atoms with Crippen LogP contribution in [0.15, 0.2) is 24.3 Å². The summed E-state index contributed by atoms with van der Waals surface area (Å²) in [6, 6.07) is 7.47. The van der Waals surface area contributed by atoms with Crippen LogP contribution in [0.5, 0.6) is 0 Å². The first-order valence-corrected chi connectivity index (χ1v) is 6.51. The number of amides is 1. The molecule has 0 fully saturated rings. The quantitative estimate of drug-likeness (QED) is 0.854. The van der Waals surface area contributed by atoms with E-state index < -0.39 is 11.9 Å². The average Bonchev–Trinajstić information content (AvgIpc) is 2.38. The first kappa shape index (κ1) is 16.2. The van der Waals surface area contributed by atoms with E-state index in [-0.39, 0.29) is 5.91 Å². The maximum absolute atomic E-state index is 11.6. The van der Waals surface area contributed by atoms with Gasteiger partial charge in [0.1, 0.15) is 0 Å². The number of hydrogen-bond acceptors (Lipinski definition) is 3. The first-order valence-electron chi connectivity index (χ1n) is 6.51. The second-order valence-electron chi connectivity index (χ2n) is 5.26. The van der Waals surface area contributed by atoms with Crippen LogP contribution in [0.25, 0.3) is 0 Å². The minimum atomic E-state index is -0.827. The van der Waals surface area contributed by atoms with Gasteiger partial charge in [-0.2, -0.15) is 0 Å². The molecule has 0 aliphatic rings. The van der Waals surface area contributed by atoms with Crippen molar-refractivity contribution in [2.45, 2.75) is 19.4 Å². The van der Waals surface area contributed by atoms with Gasteiger partial charge in [-0.3, -0.25) is 14.5 Å². The molecule has 1 unspecified atom stereocenters. The lowest BCUT2D eigenvalue weighted by molar-refractivity contribution is -0.138. The number of carbonyl (C=O) groups is 2. The van der Waals surface area contributed by atoms with Crippen molar-refractivity contribution in [1.82, 2.24) is 9.80 Å². The van der Waals surface area contributed by atoms with Crippen molar-refractivity contribution in [3.05, 3.63) is 35.4 Å². The Morgan fingerprint density at radius 1 is 1.15 bits per heavy atom. The standard InChI is InChI=1S/C15H22N2O3/c1-11(15(19)20)13-7-5-12(6-8-13)9-17(4)10-14(18)16(2)3/h5-8,11H,9-10H2,1-4H3,(H,19,20). The summed E-state index contributed by atoms with van der Waals surface area (Å²) in [5.74, 6) is -1.27. The zero-order valence-electron chi connectivity index (χ0n) is 12.5. The third-order valence-electron chi connectivity index (χ3n) is 3.21. The van der Waals surface area contributed by atoms with Crippen molar-refractivity contribution in [1.29, 1.82) is 0 Å². The summed E-state index contributed by atoms with van der Waals surface area (Å²) in [5.41, 5.74) is 1.84. The molecule has 0 bridgehead atoms. The van der Waals surface area contributed by atoms with Crippen LogP contribution in [0.3, 0.4) is 0 Å². The summed E-state index contributed by atoms with van der Waals surface area (Å²) in [5, 5.41) is 8.95. The fourth-order valence-corrected chi connectivity index (χ4v) is 1.79. The second kappa shape index (κ2) is 7.05. The predicted octanol–water partition coefficient (Wildman–Crippen LogP) is 1.39. The molecule has 1 atom stereocenters. The summed E-state index contributed by atoms with van der Waals surface area (Å²) in [6.07, 6.45) is 0. The van der Waals surface area contributed by atoms with E-state index in [2.05, 4.69) is 0 Å². The Balaban J connectivity index is 2.61. The first-order chi connectivity index (χ1) is 9.31. The molecule has 0 spiro atoms. The Morgan fingerprint density at radius 3 is 2.15 bits per heavy atom. The summed E-state index contributed by atoms with van der Waals surface area (Å²) in [7, 11) is 5.35. The number of aliphatic carboxylic acids is 1. The molecule has 0 saturated carbocycles. The van der Waals surface area contributed by atoms with Gasteiger partial charge in [-0.05, 0) is 25.1 Å². The molecule has 0 radical (unpaired) electrons. The van der Waals surface area contributed by atoms with Gasteiger partial charge in [-0.25, -0.2) is 0 Å². The monoisotopic (exact) mass is 278 g/mol. The number of carboxylic acid groups (broad SMARTS) is 1. The number of rotatable bonds is 6. The number of nitrogens with zero attached hydrogens (tertiary/aromatic N) is 2. The highest BCUT2D eigenvalue weighted by Gasteiger charge is 2.13. The molecule has 1 amide bonds. The third kappa shape index (κ3) is 4.66. The maximum atomic E-state index is 11.6. The van der Waals surface area contributed by atoms with Gasteiger partial charge in [0.2, 0.25) is 5.91 Å². The lowest BCUT2D eigenvalue weighted by Gasteiger charge is -2.19. The van der Waals surface area contributed by atoms with E-state index in [0.29, 0.717) is 13.1 Å². The number of likely N-dealkylation sites (N-methyl/N-ethyl adjacent to an activating group) is 2. The molecule has 1 rings (SSSR count). The van der Waals surface area contributed by atoms with Crippen molar-refractivity contribution < 1.29 is 14.7 Å². The van der Waals surface area contributed by atoms with Gasteiger partial charge >= 0.3 is 5.97 Å². The Labute approximate surface area is 119 Å². The molecule has 1 aromatic carbocycles. The molecule has 0 heterocycles.